The molecular weight excluding hydrogens is 254 g/mol. The van der Waals surface area contributed by atoms with Gasteiger partial charge in [-0.15, -0.1) is 0 Å². The molecule has 0 atom stereocenters. The first kappa shape index (κ1) is 13.8. The van der Waals surface area contributed by atoms with Gasteiger partial charge in [-0.1, -0.05) is 24.0 Å². The van der Waals surface area contributed by atoms with E-state index in [0.29, 0.717) is 6.54 Å². The molecule has 2 rings (SSSR count). The predicted molar refractivity (Wildman–Crippen MR) is 74.5 cm³/mol. The van der Waals surface area contributed by atoms with Gasteiger partial charge >= 0.3 is 0 Å². The van der Waals surface area contributed by atoms with Gasteiger partial charge in [0.2, 0.25) is 5.91 Å². The quantitative estimate of drug-likeness (QED) is 0.796. The molecule has 0 fully saturated rings. The van der Waals surface area contributed by atoms with Crippen LogP contribution in [0.25, 0.3) is 0 Å². The van der Waals surface area contributed by atoms with Gasteiger partial charge in [-0.05, 0) is 23.8 Å². The van der Waals surface area contributed by atoms with E-state index in [2.05, 4.69) is 22.3 Å². The smallest absolute Gasteiger partial charge is 0.241 e. The number of hydrogen-bond acceptors (Lipinski definition) is 3. The topological polar surface area (TPSA) is 67.2 Å². The fourth-order valence-electron chi connectivity index (χ4n) is 1.70. The predicted octanol–water partition coefficient (Wildman–Crippen LogP) is 0.543. The lowest BCUT2D eigenvalue weighted by Crippen LogP contribution is -2.27. The number of amides is 1. The third kappa shape index (κ3) is 4.26. The van der Waals surface area contributed by atoms with Crippen LogP contribution in [0.4, 0.5) is 0 Å². The van der Waals surface area contributed by atoms with Crippen molar-refractivity contribution in [3.63, 3.8) is 0 Å². The largest absolute Gasteiger partial charge is 0.384 e. The number of rotatable bonds is 4. The molecule has 20 heavy (non-hydrogen) atoms. The van der Waals surface area contributed by atoms with E-state index >= 15 is 0 Å². The van der Waals surface area contributed by atoms with Gasteiger partial charge < -0.3 is 10.4 Å². The summed E-state index contributed by atoms with van der Waals surface area (Å²) >= 11 is 0. The molecule has 1 aromatic heterocycles. The molecule has 1 aromatic carbocycles. The summed E-state index contributed by atoms with van der Waals surface area (Å²) in [6, 6.07) is 9.31. The number of aromatic nitrogens is 2. The van der Waals surface area contributed by atoms with Crippen molar-refractivity contribution >= 4 is 5.91 Å². The summed E-state index contributed by atoms with van der Waals surface area (Å²) in [7, 11) is 0. The van der Waals surface area contributed by atoms with Gasteiger partial charge in [0.1, 0.15) is 13.2 Å². The van der Waals surface area contributed by atoms with Crippen LogP contribution in [0.15, 0.2) is 42.7 Å². The van der Waals surface area contributed by atoms with E-state index in [1.165, 1.54) is 0 Å². The van der Waals surface area contributed by atoms with Crippen LogP contribution in [-0.2, 0) is 17.9 Å². The number of carbonyl (C=O) groups excluding carboxylic acids is 1. The Hall–Kier alpha value is -2.58. The Balaban J connectivity index is 1.88. The van der Waals surface area contributed by atoms with Crippen LogP contribution >= 0.6 is 0 Å². The zero-order valence-electron chi connectivity index (χ0n) is 10.9. The number of carbonyl (C=O) groups is 1. The average Bonchev–Trinajstić information content (AvgIpc) is 2.96. The van der Waals surface area contributed by atoms with E-state index in [1.807, 2.05) is 24.3 Å². The van der Waals surface area contributed by atoms with Gasteiger partial charge in [0.25, 0.3) is 0 Å². The van der Waals surface area contributed by atoms with Crippen molar-refractivity contribution in [3.05, 3.63) is 53.9 Å². The SMILES string of the molecule is O=C(Cn1cccn1)NCc1cccc(C#CCO)c1. The van der Waals surface area contributed by atoms with Crippen molar-refractivity contribution in [2.24, 2.45) is 0 Å². The Bertz CT molecular complexity index is 624. The molecule has 0 unspecified atom stereocenters. The van der Waals surface area contributed by atoms with Gasteiger partial charge in [0, 0.05) is 24.5 Å². The molecule has 1 heterocycles. The van der Waals surface area contributed by atoms with E-state index < -0.39 is 0 Å². The molecule has 0 spiro atoms. The van der Waals surface area contributed by atoms with Crippen molar-refractivity contribution in [2.75, 3.05) is 6.61 Å². The van der Waals surface area contributed by atoms with Crippen LogP contribution in [0.3, 0.4) is 0 Å². The zero-order chi connectivity index (χ0) is 14.2. The van der Waals surface area contributed by atoms with Gasteiger partial charge in [-0.2, -0.15) is 5.10 Å². The maximum absolute atomic E-state index is 11.7. The van der Waals surface area contributed by atoms with Crippen LogP contribution in [0.1, 0.15) is 11.1 Å². The van der Waals surface area contributed by atoms with E-state index in [0.717, 1.165) is 11.1 Å². The molecule has 5 heteroatoms. The molecular formula is C15H15N3O2. The third-order valence-electron chi connectivity index (χ3n) is 2.59. The van der Waals surface area contributed by atoms with Crippen LogP contribution in [0.5, 0.6) is 0 Å². The second-order valence-electron chi connectivity index (χ2n) is 4.14. The van der Waals surface area contributed by atoms with E-state index in [-0.39, 0.29) is 19.1 Å². The number of benzene rings is 1. The highest BCUT2D eigenvalue weighted by atomic mass is 16.2. The Morgan fingerprint density at radius 1 is 1.40 bits per heavy atom. The second-order valence-corrected chi connectivity index (χ2v) is 4.14. The Morgan fingerprint density at radius 2 is 2.30 bits per heavy atom. The molecule has 0 radical (unpaired) electrons. The minimum absolute atomic E-state index is 0.0967. The molecule has 0 saturated carbocycles. The molecule has 2 aromatic rings. The number of nitrogens with one attached hydrogen (secondary N) is 1. The van der Waals surface area contributed by atoms with Gasteiger partial charge in [0.05, 0.1) is 0 Å². The summed E-state index contributed by atoms with van der Waals surface area (Å²) in [6.45, 7) is 0.483. The summed E-state index contributed by atoms with van der Waals surface area (Å²) in [5, 5.41) is 15.5. The summed E-state index contributed by atoms with van der Waals surface area (Å²) < 4.78 is 1.57. The van der Waals surface area contributed by atoms with Crippen LogP contribution in [0.2, 0.25) is 0 Å². The highest BCUT2D eigenvalue weighted by Gasteiger charge is 2.02. The Labute approximate surface area is 117 Å². The number of aliphatic hydroxyl groups excluding tert-OH is 1. The average molecular weight is 269 g/mol. The lowest BCUT2D eigenvalue weighted by molar-refractivity contribution is -0.122. The number of hydrogen-bond donors (Lipinski definition) is 2. The summed E-state index contributed by atoms with van der Waals surface area (Å²) in [5.74, 6) is 5.33. The van der Waals surface area contributed by atoms with Crippen molar-refractivity contribution in [1.82, 2.24) is 15.1 Å². The maximum Gasteiger partial charge on any atom is 0.241 e. The number of nitrogens with zero attached hydrogens (tertiary/aromatic N) is 2. The van der Waals surface area contributed by atoms with Crippen LogP contribution in [-0.4, -0.2) is 27.4 Å². The van der Waals surface area contributed by atoms with Crippen molar-refractivity contribution in [1.29, 1.82) is 0 Å². The molecule has 0 aliphatic rings. The monoisotopic (exact) mass is 269 g/mol. The lowest BCUT2D eigenvalue weighted by Gasteiger charge is -2.06. The minimum atomic E-state index is -0.162. The normalized spacial score (nSPS) is 9.65. The van der Waals surface area contributed by atoms with Gasteiger partial charge in [0.15, 0.2) is 0 Å². The molecule has 0 aliphatic carbocycles. The fourth-order valence-corrected chi connectivity index (χ4v) is 1.70. The molecule has 102 valence electrons. The summed E-state index contributed by atoms with van der Waals surface area (Å²) in [4.78, 5) is 11.7. The molecule has 0 bridgehead atoms. The minimum Gasteiger partial charge on any atom is -0.384 e. The first-order valence-electron chi connectivity index (χ1n) is 6.21. The zero-order valence-corrected chi connectivity index (χ0v) is 10.9. The van der Waals surface area contributed by atoms with Gasteiger partial charge in [-0.25, -0.2) is 0 Å². The van der Waals surface area contributed by atoms with Crippen molar-refractivity contribution in [2.45, 2.75) is 13.1 Å². The third-order valence-corrected chi connectivity index (χ3v) is 2.59. The van der Waals surface area contributed by atoms with Crippen LogP contribution in [0, 0.1) is 11.8 Å². The molecule has 1 amide bonds. The van der Waals surface area contributed by atoms with E-state index in [4.69, 9.17) is 5.11 Å². The van der Waals surface area contributed by atoms with Crippen molar-refractivity contribution < 1.29 is 9.90 Å². The fraction of sp³-hybridized carbons (Fsp3) is 0.200. The standard InChI is InChI=1S/C15H15N3O2/c19-9-2-6-13-4-1-5-14(10-13)11-16-15(20)12-18-8-3-7-17-18/h1,3-5,7-8,10,19H,9,11-12H2,(H,16,20). The lowest BCUT2D eigenvalue weighted by atomic mass is 10.1. The second kappa shape index (κ2) is 7.12. The van der Waals surface area contributed by atoms with Crippen molar-refractivity contribution in [3.8, 4) is 11.8 Å². The highest BCUT2D eigenvalue weighted by Crippen LogP contribution is 2.03. The Morgan fingerprint density at radius 3 is 3.05 bits per heavy atom. The van der Waals surface area contributed by atoms with Crippen LogP contribution < -0.4 is 5.32 Å². The molecule has 2 N–H and O–H groups in total. The first-order valence-corrected chi connectivity index (χ1v) is 6.21. The maximum atomic E-state index is 11.7. The molecule has 0 aliphatic heterocycles. The first-order chi connectivity index (χ1) is 9.78. The van der Waals surface area contributed by atoms with E-state index in [9.17, 15) is 4.79 Å². The Kier molecular flexibility index (Phi) is 4.93. The van der Waals surface area contributed by atoms with E-state index in [1.54, 1.807) is 23.1 Å². The summed E-state index contributed by atoms with van der Waals surface area (Å²) in [6.07, 6.45) is 3.38. The summed E-state index contributed by atoms with van der Waals surface area (Å²) in [5.41, 5.74) is 1.78. The molecule has 5 nitrogen and oxygen atoms in total. The highest BCUT2D eigenvalue weighted by molar-refractivity contribution is 5.75. The van der Waals surface area contributed by atoms with Gasteiger partial charge in [-0.3, -0.25) is 9.48 Å². The molecule has 0 saturated heterocycles. The number of aliphatic hydroxyl groups is 1.